The van der Waals surface area contributed by atoms with Gasteiger partial charge in [0, 0.05) is 5.56 Å². The molecule has 0 bridgehead atoms. The second-order valence-corrected chi connectivity index (χ2v) is 6.34. The second-order valence-electron chi connectivity index (χ2n) is 6.34. The Bertz CT molecular complexity index is 888. The summed E-state index contributed by atoms with van der Waals surface area (Å²) in [7, 11) is 0. The van der Waals surface area contributed by atoms with Gasteiger partial charge in [0.25, 0.3) is 18.2 Å². The summed E-state index contributed by atoms with van der Waals surface area (Å²) in [5.41, 5.74) is 1.75. The molecule has 0 aliphatic rings. The Hall–Kier alpha value is -3.37. The number of hydrogen-bond donors (Lipinski definition) is 4. The Kier molecular flexibility index (Phi) is 9.04. The van der Waals surface area contributed by atoms with Crippen LogP contribution in [0.3, 0.4) is 0 Å². The van der Waals surface area contributed by atoms with Crippen LogP contribution in [0, 0.1) is 0 Å². The smallest absolute Gasteiger partial charge is 0.255 e. The van der Waals surface area contributed by atoms with Gasteiger partial charge in [-0.25, -0.2) is 8.78 Å². The third-order valence-electron chi connectivity index (χ3n) is 4.14. The normalized spacial score (nSPS) is 11.6. The minimum absolute atomic E-state index is 0.0933. The molecule has 0 saturated heterocycles. The number of nitrogens with one attached hydrogen (secondary N) is 2. The van der Waals surface area contributed by atoms with E-state index in [9.17, 15) is 23.2 Å². The third kappa shape index (κ3) is 7.12. The van der Waals surface area contributed by atoms with Crippen molar-refractivity contribution in [1.82, 2.24) is 10.6 Å². The number of carbonyl (C=O) groups is 3. The maximum Gasteiger partial charge on any atom is 0.255 e. The van der Waals surface area contributed by atoms with Crippen LogP contribution in [0.25, 0.3) is 11.1 Å². The van der Waals surface area contributed by atoms with Crippen LogP contribution in [-0.4, -0.2) is 66.6 Å². The number of hydrogen-bond acceptors (Lipinski definition) is 6. The summed E-state index contributed by atoms with van der Waals surface area (Å²) in [4.78, 5) is 36.1. The summed E-state index contributed by atoms with van der Waals surface area (Å²) in [6.07, 6.45) is -2.83. The standard InChI is InChI=1S/C21H22F2N2O6/c22-18(23)11-24-21(30)19(17(28)12-27)25-20(29)15-3-1-13(2-4-15)14-5-7-16(8-6-14)31-10-9-26/h1-8,18-19,26-27H,9-12H2,(H,24,30)(H,25,29). The van der Waals surface area contributed by atoms with E-state index in [2.05, 4.69) is 5.32 Å². The number of aliphatic hydroxyl groups is 2. The van der Waals surface area contributed by atoms with Crippen molar-refractivity contribution < 1.29 is 38.1 Å². The third-order valence-corrected chi connectivity index (χ3v) is 4.14. The van der Waals surface area contributed by atoms with Crippen LogP contribution in [0.4, 0.5) is 8.78 Å². The molecule has 4 N–H and O–H groups in total. The van der Waals surface area contributed by atoms with Gasteiger partial charge in [0.2, 0.25) is 0 Å². The Balaban J connectivity index is 2.07. The number of ether oxygens (including phenoxy) is 1. The van der Waals surface area contributed by atoms with Crippen molar-refractivity contribution in [2.75, 3.05) is 26.4 Å². The van der Waals surface area contributed by atoms with E-state index in [0.29, 0.717) is 5.75 Å². The SMILES string of the molecule is O=C(NC(C(=O)CO)C(=O)NCC(F)F)c1ccc(-c2ccc(OCCO)cc2)cc1. The van der Waals surface area contributed by atoms with Gasteiger partial charge in [0.1, 0.15) is 19.0 Å². The molecule has 0 radical (unpaired) electrons. The Morgan fingerprint density at radius 2 is 1.52 bits per heavy atom. The van der Waals surface area contributed by atoms with E-state index in [1.165, 1.54) is 12.1 Å². The largest absolute Gasteiger partial charge is 0.491 e. The van der Waals surface area contributed by atoms with Gasteiger partial charge in [-0.3, -0.25) is 14.4 Å². The number of halogens is 2. The number of rotatable bonds is 11. The van der Waals surface area contributed by atoms with Crippen LogP contribution in [0.2, 0.25) is 0 Å². The fourth-order valence-electron chi connectivity index (χ4n) is 2.60. The number of aliphatic hydroxyl groups excluding tert-OH is 2. The quantitative estimate of drug-likeness (QED) is 0.386. The molecular formula is C21H22F2N2O6. The van der Waals surface area contributed by atoms with E-state index in [1.807, 2.05) is 5.32 Å². The fraction of sp³-hybridized carbons (Fsp3) is 0.286. The van der Waals surface area contributed by atoms with Gasteiger partial charge in [-0.2, -0.15) is 0 Å². The van der Waals surface area contributed by atoms with Crippen LogP contribution in [0.1, 0.15) is 10.4 Å². The zero-order chi connectivity index (χ0) is 22.8. The topological polar surface area (TPSA) is 125 Å². The Morgan fingerprint density at radius 3 is 2.03 bits per heavy atom. The van der Waals surface area contributed by atoms with E-state index < -0.39 is 43.2 Å². The highest BCUT2D eigenvalue weighted by Gasteiger charge is 2.28. The van der Waals surface area contributed by atoms with E-state index >= 15 is 0 Å². The zero-order valence-electron chi connectivity index (χ0n) is 16.4. The molecule has 8 nitrogen and oxygen atoms in total. The number of amides is 2. The molecule has 10 heteroatoms. The van der Waals surface area contributed by atoms with Crippen LogP contribution in [0.5, 0.6) is 5.75 Å². The number of Topliss-reactive ketones (excluding diaryl/α,β-unsaturated/α-hetero) is 1. The van der Waals surface area contributed by atoms with Gasteiger partial charge in [-0.05, 0) is 35.4 Å². The van der Waals surface area contributed by atoms with Crippen molar-refractivity contribution in [3.05, 3.63) is 54.1 Å². The lowest BCUT2D eigenvalue weighted by Crippen LogP contribution is -2.53. The van der Waals surface area contributed by atoms with Crippen molar-refractivity contribution in [2.24, 2.45) is 0 Å². The van der Waals surface area contributed by atoms with Gasteiger partial charge in [0.05, 0.1) is 13.2 Å². The first-order chi connectivity index (χ1) is 14.8. The van der Waals surface area contributed by atoms with Crippen LogP contribution >= 0.6 is 0 Å². The molecule has 0 fully saturated rings. The highest BCUT2D eigenvalue weighted by Crippen LogP contribution is 2.23. The average molecular weight is 436 g/mol. The van der Waals surface area contributed by atoms with Crippen LogP contribution in [-0.2, 0) is 9.59 Å². The number of ketones is 1. The summed E-state index contributed by atoms with van der Waals surface area (Å²) in [5, 5.41) is 21.8. The van der Waals surface area contributed by atoms with E-state index in [-0.39, 0.29) is 18.8 Å². The first-order valence-corrected chi connectivity index (χ1v) is 9.30. The highest BCUT2D eigenvalue weighted by atomic mass is 19.3. The van der Waals surface area contributed by atoms with Gasteiger partial charge in [-0.1, -0.05) is 24.3 Å². The molecule has 2 rings (SSSR count). The van der Waals surface area contributed by atoms with Crippen molar-refractivity contribution in [3.8, 4) is 16.9 Å². The van der Waals surface area contributed by atoms with E-state index in [1.54, 1.807) is 36.4 Å². The van der Waals surface area contributed by atoms with E-state index in [0.717, 1.165) is 11.1 Å². The number of carbonyl (C=O) groups excluding carboxylic acids is 3. The predicted octanol–water partition coefficient (Wildman–Crippen LogP) is 0.766. The first kappa shape index (κ1) is 23.9. The molecule has 0 saturated carbocycles. The molecule has 0 aliphatic carbocycles. The summed E-state index contributed by atoms with van der Waals surface area (Å²) in [6, 6.07) is 11.5. The monoisotopic (exact) mass is 436 g/mol. The van der Waals surface area contributed by atoms with Crippen molar-refractivity contribution in [1.29, 1.82) is 0 Å². The summed E-state index contributed by atoms with van der Waals surface area (Å²) < 4.78 is 29.8. The molecule has 1 unspecified atom stereocenters. The minimum Gasteiger partial charge on any atom is -0.491 e. The lowest BCUT2D eigenvalue weighted by Gasteiger charge is -2.16. The number of alkyl halides is 2. The van der Waals surface area contributed by atoms with Crippen LogP contribution < -0.4 is 15.4 Å². The lowest BCUT2D eigenvalue weighted by atomic mass is 10.0. The average Bonchev–Trinajstić information content (AvgIpc) is 2.79. The maximum atomic E-state index is 12.4. The van der Waals surface area contributed by atoms with Gasteiger partial charge in [0.15, 0.2) is 11.8 Å². The van der Waals surface area contributed by atoms with Crippen molar-refractivity contribution in [3.63, 3.8) is 0 Å². The molecule has 2 amide bonds. The molecule has 2 aromatic rings. The van der Waals surface area contributed by atoms with E-state index in [4.69, 9.17) is 14.9 Å². The van der Waals surface area contributed by atoms with Gasteiger partial charge in [-0.15, -0.1) is 0 Å². The van der Waals surface area contributed by atoms with Gasteiger partial charge < -0.3 is 25.6 Å². The Labute approximate surface area is 176 Å². The molecule has 0 spiro atoms. The van der Waals surface area contributed by atoms with Crippen molar-refractivity contribution >= 4 is 17.6 Å². The fourth-order valence-corrected chi connectivity index (χ4v) is 2.60. The molecule has 166 valence electrons. The zero-order valence-corrected chi connectivity index (χ0v) is 16.4. The summed E-state index contributed by atoms with van der Waals surface area (Å²) >= 11 is 0. The highest BCUT2D eigenvalue weighted by molar-refractivity contribution is 6.10. The molecular weight excluding hydrogens is 414 g/mol. The molecule has 0 heterocycles. The first-order valence-electron chi connectivity index (χ1n) is 9.30. The second kappa shape index (κ2) is 11.7. The number of benzene rings is 2. The predicted molar refractivity (Wildman–Crippen MR) is 107 cm³/mol. The maximum absolute atomic E-state index is 12.4. The summed E-state index contributed by atoms with van der Waals surface area (Å²) in [6.45, 7) is -1.93. The molecule has 31 heavy (non-hydrogen) atoms. The Morgan fingerprint density at radius 1 is 0.935 bits per heavy atom. The summed E-state index contributed by atoms with van der Waals surface area (Å²) in [5.74, 6) is -2.34. The minimum atomic E-state index is -2.83. The molecule has 1 atom stereocenters. The lowest BCUT2D eigenvalue weighted by molar-refractivity contribution is -0.133. The van der Waals surface area contributed by atoms with Crippen molar-refractivity contribution in [2.45, 2.75) is 12.5 Å². The van der Waals surface area contributed by atoms with Crippen LogP contribution in [0.15, 0.2) is 48.5 Å². The molecule has 0 aromatic heterocycles. The molecule has 0 aliphatic heterocycles. The van der Waals surface area contributed by atoms with Gasteiger partial charge >= 0.3 is 0 Å². The molecule has 2 aromatic carbocycles.